The fraction of sp³-hybridized carbons (Fsp3) is 0.421. The van der Waals surface area contributed by atoms with Crippen LogP contribution in [-0.4, -0.2) is 49.0 Å². The Labute approximate surface area is 161 Å². The van der Waals surface area contributed by atoms with Crippen LogP contribution >= 0.6 is 0 Å². The Hall–Kier alpha value is -2.00. The van der Waals surface area contributed by atoms with Crippen LogP contribution in [0.25, 0.3) is 0 Å². The fourth-order valence-corrected chi connectivity index (χ4v) is 3.53. The number of anilines is 1. The van der Waals surface area contributed by atoms with Gasteiger partial charge in [-0.1, -0.05) is 18.2 Å². The van der Waals surface area contributed by atoms with Gasteiger partial charge in [-0.15, -0.1) is 0 Å². The molecule has 148 valence electrons. The summed E-state index contributed by atoms with van der Waals surface area (Å²) in [6, 6.07) is 10.8. The van der Waals surface area contributed by atoms with Gasteiger partial charge in [0.05, 0.1) is 6.10 Å². The number of hydrogen-bond donors (Lipinski definition) is 3. The van der Waals surface area contributed by atoms with Crippen molar-refractivity contribution in [3.05, 3.63) is 59.9 Å². The maximum absolute atomic E-state index is 12.2. The van der Waals surface area contributed by atoms with Crippen molar-refractivity contribution in [1.82, 2.24) is 14.6 Å². The molecule has 0 fully saturated rings. The smallest absolute Gasteiger partial charge is 0.301 e. The van der Waals surface area contributed by atoms with Gasteiger partial charge in [0.25, 0.3) is 0 Å². The summed E-state index contributed by atoms with van der Waals surface area (Å²) in [4.78, 5) is 4.00. The van der Waals surface area contributed by atoms with E-state index >= 15 is 0 Å². The van der Waals surface area contributed by atoms with E-state index in [1.165, 1.54) is 4.31 Å². The summed E-state index contributed by atoms with van der Waals surface area (Å²) in [5.74, 6) is 0. The quantitative estimate of drug-likeness (QED) is 0.537. The van der Waals surface area contributed by atoms with Crippen LogP contribution in [0.2, 0.25) is 0 Å². The number of hydrogen-bond acceptors (Lipinski definition) is 5. The summed E-state index contributed by atoms with van der Waals surface area (Å²) in [5, 5.41) is 13.3. The maximum atomic E-state index is 12.2. The van der Waals surface area contributed by atoms with Crippen LogP contribution in [0.1, 0.15) is 31.1 Å². The van der Waals surface area contributed by atoms with E-state index in [0.717, 1.165) is 17.5 Å². The van der Waals surface area contributed by atoms with E-state index in [2.05, 4.69) is 15.0 Å². The minimum absolute atomic E-state index is 0.116. The molecule has 0 saturated carbocycles. The van der Waals surface area contributed by atoms with Crippen molar-refractivity contribution in [3.8, 4) is 0 Å². The Kier molecular flexibility index (Phi) is 7.73. The second-order valence-corrected chi connectivity index (χ2v) is 8.40. The Balaban J connectivity index is 1.79. The lowest BCUT2D eigenvalue weighted by Gasteiger charge is -2.21. The van der Waals surface area contributed by atoms with E-state index in [1.54, 1.807) is 37.6 Å². The zero-order chi connectivity index (χ0) is 19.9. The first-order valence-electron chi connectivity index (χ1n) is 8.93. The Morgan fingerprint density at radius 3 is 2.48 bits per heavy atom. The number of nitrogens with zero attached hydrogens (tertiary/aromatic N) is 2. The average molecular weight is 393 g/mol. The van der Waals surface area contributed by atoms with Gasteiger partial charge < -0.3 is 10.4 Å². The number of benzene rings is 1. The van der Waals surface area contributed by atoms with E-state index in [0.29, 0.717) is 18.8 Å². The van der Waals surface area contributed by atoms with E-state index in [4.69, 9.17) is 0 Å². The summed E-state index contributed by atoms with van der Waals surface area (Å²) < 4.78 is 28.2. The predicted octanol–water partition coefficient (Wildman–Crippen LogP) is 1.94. The first-order chi connectivity index (χ1) is 12.8. The van der Waals surface area contributed by atoms with Gasteiger partial charge in [-0.2, -0.15) is 12.7 Å². The van der Waals surface area contributed by atoms with Gasteiger partial charge in [-0.3, -0.25) is 9.71 Å². The molecule has 1 aromatic carbocycles. The summed E-state index contributed by atoms with van der Waals surface area (Å²) in [7, 11) is -2.00. The van der Waals surface area contributed by atoms with Crippen LogP contribution in [0.5, 0.6) is 0 Å². The molecule has 1 heterocycles. The van der Waals surface area contributed by atoms with Crippen molar-refractivity contribution in [2.75, 3.05) is 24.9 Å². The third kappa shape index (κ3) is 6.59. The highest BCUT2D eigenvalue weighted by molar-refractivity contribution is 7.90. The van der Waals surface area contributed by atoms with Gasteiger partial charge in [-0.05, 0) is 50.6 Å². The molecular formula is C19H28N4O3S. The van der Waals surface area contributed by atoms with E-state index in [-0.39, 0.29) is 6.04 Å². The first-order valence-corrected chi connectivity index (χ1v) is 10.4. The highest BCUT2D eigenvalue weighted by atomic mass is 32.2. The number of aliphatic hydroxyl groups excluding tert-OH is 1. The molecule has 3 N–H and O–H groups in total. The lowest BCUT2D eigenvalue weighted by atomic mass is 10.1. The van der Waals surface area contributed by atoms with Crippen LogP contribution in [-0.2, 0) is 16.6 Å². The average Bonchev–Trinajstić information content (AvgIpc) is 2.66. The summed E-state index contributed by atoms with van der Waals surface area (Å²) >= 11 is 0. The Morgan fingerprint density at radius 2 is 1.89 bits per heavy atom. The van der Waals surface area contributed by atoms with Crippen molar-refractivity contribution in [2.45, 2.75) is 32.4 Å². The molecule has 0 bridgehead atoms. The Bertz CT molecular complexity index is 795. The highest BCUT2D eigenvalue weighted by Crippen LogP contribution is 2.14. The molecule has 2 aromatic rings. The summed E-state index contributed by atoms with van der Waals surface area (Å²) in [6.45, 7) is 4.80. The van der Waals surface area contributed by atoms with E-state index < -0.39 is 16.3 Å². The van der Waals surface area contributed by atoms with Crippen molar-refractivity contribution in [2.24, 2.45) is 0 Å². The zero-order valence-electron chi connectivity index (χ0n) is 16.0. The molecule has 0 radical (unpaired) electrons. The second-order valence-electron chi connectivity index (χ2n) is 6.67. The van der Waals surface area contributed by atoms with Gasteiger partial charge in [0.15, 0.2) is 0 Å². The minimum Gasteiger partial charge on any atom is -0.387 e. The minimum atomic E-state index is -3.54. The number of aromatic nitrogens is 1. The normalized spacial score (nSPS) is 13.1. The van der Waals surface area contributed by atoms with Crippen molar-refractivity contribution in [1.29, 1.82) is 0 Å². The van der Waals surface area contributed by atoms with Crippen molar-refractivity contribution >= 4 is 15.9 Å². The predicted molar refractivity (Wildman–Crippen MR) is 108 cm³/mol. The van der Waals surface area contributed by atoms with Gasteiger partial charge in [0.1, 0.15) is 0 Å². The molecule has 1 atom stereocenters. The van der Waals surface area contributed by atoms with Crippen LogP contribution in [0.4, 0.5) is 5.69 Å². The second kappa shape index (κ2) is 9.80. The summed E-state index contributed by atoms with van der Waals surface area (Å²) in [6.07, 6.45) is 3.52. The topological polar surface area (TPSA) is 94.6 Å². The standard InChI is InChI=1S/C19H28N4O3S/c1-15(2)23(3)27(25,26)22-18-8-6-16(7-9-18)10-12-21-14-19(24)17-5-4-11-20-13-17/h4-9,11,13,15,19,21-22,24H,10,12,14H2,1-3H3/t19-/m0/s1. The largest absolute Gasteiger partial charge is 0.387 e. The molecule has 7 nitrogen and oxygen atoms in total. The first kappa shape index (κ1) is 21.3. The van der Waals surface area contributed by atoms with E-state index in [1.807, 2.05) is 32.0 Å². The lowest BCUT2D eigenvalue weighted by Crippen LogP contribution is -2.37. The van der Waals surface area contributed by atoms with Gasteiger partial charge in [0.2, 0.25) is 0 Å². The van der Waals surface area contributed by atoms with Gasteiger partial charge in [-0.25, -0.2) is 0 Å². The van der Waals surface area contributed by atoms with Crippen molar-refractivity contribution in [3.63, 3.8) is 0 Å². The van der Waals surface area contributed by atoms with Gasteiger partial charge >= 0.3 is 10.2 Å². The summed E-state index contributed by atoms with van der Waals surface area (Å²) in [5.41, 5.74) is 2.40. The molecule has 0 saturated heterocycles. The number of rotatable bonds is 10. The highest BCUT2D eigenvalue weighted by Gasteiger charge is 2.20. The number of nitrogens with one attached hydrogen (secondary N) is 2. The SMILES string of the molecule is CC(C)N(C)S(=O)(=O)Nc1ccc(CCNC[C@H](O)c2cccnc2)cc1. The molecule has 1 aromatic heterocycles. The molecule has 8 heteroatoms. The molecule has 0 aliphatic carbocycles. The molecule has 0 amide bonds. The van der Waals surface area contributed by atoms with Gasteiger partial charge in [0, 0.05) is 43.3 Å². The van der Waals surface area contributed by atoms with E-state index in [9.17, 15) is 13.5 Å². The third-order valence-electron chi connectivity index (χ3n) is 4.30. The maximum Gasteiger partial charge on any atom is 0.301 e. The van der Waals surface area contributed by atoms with Crippen LogP contribution < -0.4 is 10.0 Å². The monoisotopic (exact) mass is 392 g/mol. The third-order valence-corrected chi connectivity index (χ3v) is 5.98. The van der Waals surface area contributed by atoms with Crippen LogP contribution in [0.15, 0.2) is 48.8 Å². The molecule has 0 aliphatic heterocycles. The molecule has 0 unspecified atom stereocenters. The number of pyridine rings is 1. The molecular weight excluding hydrogens is 364 g/mol. The zero-order valence-corrected chi connectivity index (χ0v) is 16.8. The lowest BCUT2D eigenvalue weighted by molar-refractivity contribution is 0.174. The fourth-order valence-electron chi connectivity index (χ4n) is 2.40. The Morgan fingerprint density at radius 1 is 1.19 bits per heavy atom. The molecule has 2 rings (SSSR count). The molecule has 0 aliphatic rings. The molecule has 27 heavy (non-hydrogen) atoms. The number of aliphatic hydroxyl groups is 1. The van der Waals surface area contributed by atoms with Crippen molar-refractivity contribution < 1.29 is 13.5 Å². The molecule has 0 spiro atoms. The van der Waals surface area contributed by atoms with Crippen LogP contribution in [0.3, 0.4) is 0 Å². The van der Waals surface area contributed by atoms with Crippen LogP contribution in [0, 0.1) is 0 Å².